The summed E-state index contributed by atoms with van der Waals surface area (Å²) in [5.74, 6) is 2.31. The van der Waals surface area contributed by atoms with Gasteiger partial charge in [0.15, 0.2) is 0 Å². The van der Waals surface area contributed by atoms with Crippen LogP contribution in [0.5, 0.6) is 0 Å². The van der Waals surface area contributed by atoms with Gasteiger partial charge in [-0.3, -0.25) is 4.79 Å². The Morgan fingerprint density at radius 1 is 0.731 bits per heavy atom. The summed E-state index contributed by atoms with van der Waals surface area (Å²) in [6, 6.07) is 0. The number of ether oxygens (including phenoxy) is 1. The van der Waals surface area contributed by atoms with E-state index in [0.29, 0.717) is 36.0 Å². The van der Waals surface area contributed by atoms with E-state index >= 15 is 0 Å². The number of carbonyl (C=O) groups is 1. The summed E-state index contributed by atoms with van der Waals surface area (Å²) >= 11 is 0. The van der Waals surface area contributed by atoms with Gasteiger partial charge in [0.2, 0.25) is 0 Å². The number of fused-ring (bicyclic) bond motifs is 7. The molecular weight excluding hydrogens is 641 g/mol. The van der Waals surface area contributed by atoms with Crippen LogP contribution in [-0.2, 0) is 9.53 Å². The fourth-order valence-electron chi connectivity index (χ4n) is 14.4. The average molecular weight is 725 g/mol. The lowest BCUT2D eigenvalue weighted by molar-refractivity contribution is -0.276. The first-order valence-corrected chi connectivity index (χ1v) is 22.8. The summed E-state index contributed by atoms with van der Waals surface area (Å²) in [4.78, 5) is 13.2. The number of rotatable bonds is 17. The maximum Gasteiger partial charge on any atom is 0.306 e. The first-order valence-electron chi connectivity index (χ1n) is 22.8. The van der Waals surface area contributed by atoms with Crippen molar-refractivity contribution in [2.45, 2.75) is 228 Å². The van der Waals surface area contributed by atoms with Crippen LogP contribution in [0.2, 0.25) is 0 Å². The van der Waals surface area contributed by atoms with Gasteiger partial charge in [-0.05, 0) is 104 Å². The fourth-order valence-corrected chi connectivity index (χ4v) is 14.4. The normalized spacial score (nSPS) is 42.3. The van der Waals surface area contributed by atoms with Crippen LogP contribution >= 0.6 is 0 Å². The highest BCUT2D eigenvalue weighted by Crippen LogP contribution is 2.76. The van der Waals surface area contributed by atoms with Crippen LogP contribution in [0.3, 0.4) is 0 Å². The van der Waals surface area contributed by atoms with Crippen LogP contribution in [-0.4, -0.2) is 34.5 Å². The Morgan fingerprint density at radius 3 is 1.87 bits per heavy atom. The minimum atomic E-state index is -0.579. The van der Waals surface area contributed by atoms with Crippen LogP contribution in [0, 0.1) is 56.7 Å². The van der Waals surface area contributed by atoms with Crippen molar-refractivity contribution in [1.82, 2.24) is 0 Å². The SMILES string of the molecule is CCCCCCCCCCCCCCCCCC(=O)OC1CCC2(C)C(CCC3(C)C2CCC2C4C(C)C(C)=CC(O)C4(C)C(O)CC23C)C1(C)C. The van der Waals surface area contributed by atoms with Crippen molar-refractivity contribution in [3.8, 4) is 0 Å². The molecule has 0 aromatic rings. The van der Waals surface area contributed by atoms with Crippen LogP contribution in [0.25, 0.3) is 0 Å². The van der Waals surface area contributed by atoms with Gasteiger partial charge in [0.05, 0.1) is 12.2 Å². The molecule has 5 aliphatic carbocycles. The lowest BCUT2D eigenvalue weighted by Gasteiger charge is -2.74. The number of unbranched alkanes of at least 4 members (excludes halogenated alkanes) is 14. The topological polar surface area (TPSA) is 66.8 Å². The predicted octanol–water partition coefficient (Wildman–Crippen LogP) is 12.8. The molecule has 4 fully saturated rings. The zero-order valence-corrected chi connectivity index (χ0v) is 35.7. The molecular formula is C48H84O4. The summed E-state index contributed by atoms with van der Waals surface area (Å²) in [5, 5.41) is 23.4. The second-order valence-corrected chi connectivity index (χ2v) is 21.0. The highest BCUT2D eigenvalue weighted by atomic mass is 16.5. The van der Waals surface area contributed by atoms with E-state index in [1.54, 1.807) is 0 Å². The lowest BCUT2D eigenvalue weighted by Crippen LogP contribution is -2.70. The molecule has 12 atom stereocenters. The molecule has 0 saturated heterocycles. The maximum absolute atomic E-state index is 13.2. The van der Waals surface area contributed by atoms with Crippen molar-refractivity contribution in [1.29, 1.82) is 0 Å². The number of esters is 1. The van der Waals surface area contributed by atoms with Gasteiger partial charge in [0, 0.05) is 17.3 Å². The van der Waals surface area contributed by atoms with Crippen molar-refractivity contribution >= 4 is 5.97 Å². The van der Waals surface area contributed by atoms with E-state index in [1.165, 1.54) is 115 Å². The van der Waals surface area contributed by atoms with Crippen molar-refractivity contribution in [3.05, 3.63) is 11.6 Å². The minimum Gasteiger partial charge on any atom is -0.462 e. The summed E-state index contributed by atoms with van der Waals surface area (Å²) < 4.78 is 6.40. The molecule has 0 spiro atoms. The first-order chi connectivity index (χ1) is 24.6. The number of carbonyl (C=O) groups excluding carboxylic acids is 1. The van der Waals surface area contributed by atoms with Gasteiger partial charge < -0.3 is 14.9 Å². The van der Waals surface area contributed by atoms with E-state index in [-0.39, 0.29) is 33.7 Å². The average Bonchev–Trinajstić information content (AvgIpc) is 3.08. The molecule has 4 nitrogen and oxygen atoms in total. The molecule has 0 aromatic heterocycles. The van der Waals surface area contributed by atoms with Crippen LogP contribution in [0.4, 0.5) is 0 Å². The molecule has 12 unspecified atom stereocenters. The zero-order chi connectivity index (χ0) is 38.0. The van der Waals surface area contributed by atoms with Crippen molar-refractivity contribution in [2.75, 3.05) is 0 Å². The number of aliphatic hydroxyl groups excluding tert-OH is 2. The summed E-state index contributed by atoms with van der Waals surface area (Å²) in [6.07, 6.45) is 29.2. The third-order valence-electron chi connectivity index (χ3n) is 17.9. The standard InChI is InChI=1S/C48H84O4/c1-10-11-12-13-14-15-16-17-18-19-20-21-22-23-24-25-42(51)52-41-29-30-45(6)37(44(41,4)5)28-31-46(7)38(45)27-26-36-43-35(3)34(2)32-39(49)48(43,9)40(50)33-47(36,46)8/h32,35-41,43,49-50H,10-31,33H2,1-9H3. The number of hydrogen-bond acceptors (Lipinski definition) is 4. The minimum absolute atomic E-state index is 0.00208. The molecule has 4 saturated carbocycles. The largest absolute Gasteiger partial charge is 0.462 e. The summed E-state index contributed by atoms with van der Waals surface area (Å²) in [6.45, 7) is 21.6. The summed E-state index contributed by atoms with van der Waals surface area (Å²) in [5.41, 5.74) is 1.12. The second-order valence-electron chi connectivity index (χ2n) is 21.0. The fraction of sp³-hybridized carbons (Fsp3) is 0.938. The quantitative estimate of drug-likeness (QED) is 0.0890. The molecule has 0 aromatic carbocycles. The number of allylic oxidation sites excluding steroid dienone is 1. The Balaban J connectivity index is 1.09. The molecule has 2 N–H and O–H groups in total. The van der Waals surface area contributed by atoms with Gasteiger partial charge in [-0.25, -0.2) is 0 Å². The van der Waals surface area contributed by atoms with E-state index in [9.17, 15) is 15.0 Å². The van der Waals surface area contributed by atoms with Crippen LogP contribution in [0.1, 0.15) is 210 Å². The van der Waals surface area contributed by atoms with E-state index in [2.05, 4.69) is 62.3 Å². The van der Waals surface area contributed by atoms with Gasteiger partial charge in [0.25, 0.3) is 0 Å². The van der Waals surface area contributed by atoms with Crippen LogP contribution < -0.4 is 0 Å². The van der Waals surface area contributed by atoms with E-state index in [4.69, 9.17) is 4.74 Å². The summed E-state index contributed by atoms with van der Waals surface area (Å²) in [7, 11) is 0. The molecule has 0 bridgehead atoms. The van der Waals surface area contributed by atoms with Gasteiger partial charge >= 0.3 is 5.97 Å². The Bertz CT molecular complexity index is 1210. The third-order valence-corrected chi connectivity index (χ3v) is 17.9. The van der Waals surface area contributed by atoms with Gasteiger partial charge in [-0.2, -0.15) is 0 Å². The van der Waals surface area contributed by atoms with Gasteiger partial charge in [-0.1, -0.05) is 157 Å². The molecule has 0 radical (unpaired) electrons. The molecule has 5 rings (SSSR count). The Hall–Kier alpha value is -0.870. The van der Waals surface area contributed by atoms with Gasteiger partial charge in [-0.15, -0.1) is 0 Å². The molecule has 4 heteroatoms. The van der Waals surface area contributed by atoms with E-state index in [0.717, 1.165) is 32.1 Å². The lowest BCUT2D eigenvalue weighted by atomic mass is 9.31. The first kappa shape index (κ1) is 42.3. The molecule has 0 amide bonds. The molecule has 0 aliphatic heterocycles. The van der Waals surface area contributed by atoms with E-state index in [1.807, 2.05) is 6.08 Å². The zero-order valence-electron chi connectivity index (χ0n) is 35.7. The third kappa shape index (κ3) is 7.76. The van der Waals surface area contributed by atoms with Crippen molar-refractivity contribution in [2.24, 2.45) is 56.7 Å². The second kappa shape index (κ2) is 17.1. The Labute approximate surface area is 321 Å². The molecule has 0 heterocycles. The highest BCUT2D eigenvalue weighted by Gasteiger charge is 2.72. The molecule has 300 valence electrons. The van der Waals surface area contributed by atoms with Crippen LogP contribution in [0.15, 0.2) is 11.6 Å². The van der Waals surface area contributed by atoms with Gasteiger partial charge in [0.1, 0.15) is 6.10 Å². The van der Waals surface area contributed by atoms with E-state index < -0.39 is 17.6 Å². The predicted molar refractivity (Wildman–Crippen MR) is 217 cm³/mol. The maximum atomic E-state index is 13.2. The van der Waals surface area contributed by atoms with Crippen molar-refractivity contribution in [3.63, 3.8) is 0 Å². The Kier molecular flexibility index (Phi) is 13.9. The van der Waals surface area contributed by atoms with Crippen molar-refractivity contribution < 1.29 is 19.7 Å². The highest BCUT2D eigenvalue weighted by molar-refractivity contribution is 5.69. The molecule has 5 aliphatic rings. The molecule has 52 heavy (non-hydrogen) atoms. The number of aliphatic hydroxyl groups is 2. The Morgan fingerprint density at radius 2 is 1.29 bits per heavy atom. The monoisotopic (exact) mass is 725 g/mol. The number of hydrogen-bond donors (Lipinski definition) is 2. The smallest absolute Gasteiger partial charge is 0.306 e.